The third kappa shape index (κ3) is 3.92. The monoisotopic (exact) mass is 373 g/mol. The molecule has 1 spiro atoms. The van der Waals surface area contributed by atoms with Crippen molar-refractivity contribution in [2.75, 3.05) is 40.3 Å². The number of nitrogens with one attached hydrogen (secondary N) is 1. The molecule has 27 heavy (non-hydrogen) atoms. The molecule has 2 atom stereocenters. The highest BCUT2D eigenvalue weighted by Crippen LogP contribution is 2.37. The van der Waals surface area contributed by atoms with E-state index in [-0.39, 0.29) is 17.6 Å². The van der Waals surface area contributed by atoms with E-state index in [1.54, 1.807) is 7.11 Å². The van der Waals surface area contributed by atoms with Crippen molar-refractivity contribution in [3.05, 3.63) is 23.8 Å². The van der Waals surface area contributed by atoms with Crippen molar-refractivity contribution < 1.29 is 14.3 Å². The topological polar surface area (TPSA) is 54.0 Å². The van der Waals surface area contributed by atoms with Gasteiger partial charge in [-0.15, -0.1) is 0 Å². The Morgan fingerprint density at radius 1 is 1.30 bits per heavy atom. The highest BCUT2D eigenvalue weighted by molar-refractivity contribution is 5.82. The summed E-state index contributed by atoms with van der Waals surface area (Å²) in [6.07, 6.45) is 5.01. The lowest BCUT2D eigenvalue weighted by molar-refractivity contribution is -0.136. The Balaban J connectivity index is 1.67. The van der Waals surface area contributed by atoms with Crippen molar-refractivity contribution in [2.45, 2.75) is 50.3 Å². The van der Waals surface area contributed by atoms with Crippen molar-refractivity contribution in [2.24, 2.45) is 0 Å². The average Bonchev–Trinajstić information content (AvgIpc) is 3.08. The van der Waals surface area contributed by atoms with Gasteiger partial charge in [-0.3, -0.25) is 4.79 Å². The maximum Gasteiger partial charge on any atom is 0.240 e. The fourth-order valence-corrected chi connectivity index (χ4v) is 4.62. The van der Waals surface area contributed by atoms with Gasteiger partial charge in [-0.25, -0.2) is 0 Å². The molecule has 0 aliphatic carbocycles. The van der Waals surface area contributed by atoms with Crippen LogP contribution in [0.5, 0.6) is 11.5 Å². The normalized spacial score (nSPS) is 29.0. The molecule has 6 heteroatoms. The van der Waals surface area contributed by atoms with Crippen molar-refractivity contribution in [1.82, 2.24) is 15.1 Å². The van der Waals surface area contributed by atoms with Crippen LogP contribution in [0.4, 0.5) is 0 Å². The first-order valence-corrected chi connectivity index (χ1v) is 10.2. The number of rotatable bonds is 2. The third-order valence-electron chi connectivity index (χ3n) is 6.23. The van der Waals surface area contributed by atoms with Gasteiger partial charge in [-0.1, -0.05) is 0 Å². The van der Waals surface area contributed by atoms with Gasteiger partial charge in [0.1, 0.15) is 17.1 Å². The van der Waals surface area contributed by atoms with E-state index in [1.807, 2.05) is 23.1 Å². The summed E-state index contributed by atoms with van der Waals surface area (Å²) in [7, 11) is 3.84. The second kappa shape index (κ2) is 7.68. The van der Waals surface area contributed by atoms with Crippen LogP contribution >= 0.6 is 0 Å². The van der Waals surface area contributed by atoms with Gasteiger partial charge >= 0.3 is 0 Å². The fraction of sp³-hybridized carbons (Fsp3) is 0.667. The van der Waals surface area contributed by atoms with Crippen LogP contribution in [0.15, 0.2) is 18.2 Å². The van der Waals surface area contributed by atoms with Crippen molar-refractivity contribution in [3.8, 4) is 11.5 Å². The van der Waals surface area contributed by atoms with Gasteiger partial charge in [0.15, 0.2) is 0 Å². The molecule has 1 aromatic carbocycles. The number of benzene rings is 1. The molecule has 0 bridgehead atoms. The molecule has 1 amide bonds. The minimum atomic E-state index is -0.307. The predicted octanol–water partition coefficient (Wildman–Crippen LogP) is 2.02. The van der Waals surface area contributed by atoms with Gasteiger partial charge in [0.2, 0.25) is 5.91 Å². The zero-order chi connectivity index (χ0) is 18.9. The molecule has 4 rings (SSSR count). The molecule has 2 saturated heterocycles. The first kappa shape index (κ1) is 18.6. The van der Waals surface area contributed by atoms with E-state index in [0.717, 1.165) is 68.8 Å². The zero-order valence-corrected chi connectivity index (χ0v) is 16.5. The highest BCUT2D eigenvalue weighted by Gasteiger charge is 2.41. The van der Waals surface area contributed by atoms with E-state index in [4.69, 9.17) is 9.47 Å². The summed E-state index contributed by atoms with van der Waals surface area (Å²) in [5, 5.41) is 3.37. The van der Waals surface area contributed by atoms with Crippen LogP contribution in [-0.4, -0.2) is 67.7 Å². The fourth-order valence-electron chi connectivity index (χ4n) is 4.62. The second-order valence-electron chi connectivity index (χ2n) is 8.26. The minimum absolute atomic E-state index is 0.0531. The van der Waals surface area contributed by atoms with Crippen LogP contribution in [0.1, 0.15) is 37.7 Å². The number of ether oxygens (including phenoxy) is 2. The summed E-state index contributed by atoms with van der Waals surface area (Å²) in [5.41, 5.74) is 0.731. The number of carbonyl (C=O) groups excluding carboxylic acids is 1. The number of hydrogen-bond acceptors (Lipinski definition) is 5. The van der Waals surface area contributed by atoms with Gasteiger partial charge in [0.05, 0.1) is 19.7 Å². The van der Waals surface area contributed by atoms with Gasteiger partial charge < -0.3 is 24.6 Å². The van der Waals surface area contributed by atoms with Crippen LogP contribution in [0.3, 0.4) is 0 Å². The summed E-state index contributed by atoms with van der Waals surface area (Å²) in [5.74, 6) is 1.92. The maximum atomic E-state index is 13.3. The predicted molar refractivity (Wildman–Crippen MR) is 104 cm³/mol. The molecule has 148 valence electrons. The van der Waals surface area contributed by atoms with Gasteiger partial charge in [0, 0.05) is 25.1 Å². The van der Waals surface area contributed by atoms with Crippen LogP contribution in [0.2, 0.25) is 0 Å². The zero-order valence-electron chi connectivity index (χ0n) is 16.5. The quantitative estimate of drug-likeness (QED) is 0.860. The van der Waals surface area contributed by atoms with Crippen molar-refractivity contribution in [1.29, 1.82) is 0 Å². The largest absolute Gasteiger partial charge is 0.497 e. The molecule has 0 saturated carbocycles. The molecular formula is C21H31N3O3. The standard InChI is InChI=1S/C21H31N3O3/c1-23-11-4-8-21(9-12-23)15-24(20(25)18-5-3-10-22-18)14-16-13-17(26-2)6-7-19(16)27-21/h6-7,13,18,22H,3-5,8-12,14-15H2,1-2H3/t18-,21-/m0/s1. The molecular weight excluding hydrogens is 342 g/mol. The van der Waals surface area contributed by atoms with Crippen LogP contribution in [-0.2, 0) is 11.3 Å². The summed E-state index contributed by atoms with van der Waals surface area (Å²) in [4.78, 5) is 17.7. The molecule has 6 nitrogen and oxygen atoms in total. The molecule has 2 fully saturated rings. The van der Waals surface area contributed by atoms with E-state index in [1.165, 1.54) is 0 Å². The first-order valence-electron chi connectivity index (χ1n) is 10.2. The number of fused-ring (bicyclic) bond motifs is 1. The number of amides is 1. The summed E-state index contributed by atoms with van der Waals surface area (Å²) >= 11 is 0. The van der Waals surface area contributed by atoms with Crippen molar-refractivity contribution in [3.63, 3.8) is 0 Å². The van der Waals surface area contributed by atoms with E-state index in [2.05, 4.69) is 17.3 Å². The molecule has 3 aliphatic rings. The molecule has 0 unspecified atom stereocenters. The Labute approximate surface area is 161 Å². The van der Waals surface area contributed by atoms with Crippen LogP contribution in [0, 0.1) is 0 Å². The SMILES string of the molecule is COc1ccc2c(c1)CN(C(=O)[C@@H]1CCCN1)C[C@@]1(CCCN(C)CC1)O2. The molecule has 1 aromatic rings. The van der Waals surface area contributed by atoms with E-state index < -0.39 is 0 Å². The number of hydrogen-bond donors (Lipinski definition) is 1. The maximum absolute atomic E-state index is 13.3. The van der Waals surface area contributed by atoms with Gasteiger partial charge in [-0.2, -0.15) is 0 Å². The summed E-state index contributed by atoms with van der Waals surface area (Å²) in [6, 6.07) is 5.92. The lowest BCUT2D eigenvalue weighted by Gasteiger charge is -2.36. The molecule has 0 radical (unpaired) electrons. The third-order valence-corrected chi connectivity index (χ3v) is 6.23. The highest BCUT2D eigenvalue weighted by atomic mass is 16.5. The number of carbonyl (C=O) groups is 1. The number of likely N-dealkylation sites (tertiary alicyclic amines) is 1. The molecule has 3 aliphatic heterocycles. The Hall–Kier alpha value is -1.79. The lowest BCUT2D eigenvalue weighted by atomic mass is 9.93. The summed E-state index contributed by atoms with van der Waals surface area (Å²) < 4.78 is 12.1. The number of nitrogens with zero attached hydrogens (tertiary/aromatic N) is 2. The Morgan fingerprint density at radius 3 is 2.96 bits per heavy atom. The molecule has 1 N–H and O–H groups in total. The molecule has 3 heterocycles. The Morgan fingerprint density at radius 2 is 2.19 bits per heavy atom. The smallest absolute Gasteiger partial charge is 0.240 e. The Bertz CT molecular complexity index is 689. The summed E-state index contributed by atoms with van der Waals surface area (Å²) in [6.45, 7) is 4.25. The Kier molecular flexibility index (Phi) is 5.28. The van der Waals surface area contributed by atoms with Crippen molar-refractivity contribution >= 4 is 5.91 Å². The lowest BCUT2D eigenvalue weighted by Crippen LogP contribution is -2.51. The van der Waals surface area contributed by atoms with E-state index in [0.29, 0.717) is 13.1 Å². The van der Waals surface area contributed by atoms with Crippen LogP contribution < -0.4 is 14.8 Å². The number of methoxy groups -OCH3 is 1. The van der Waals surface area contributed by atoms with E-state index >= 15 is 0 Å². The average molecular weight is 373 g/mol. The van der Waals surface area contributed by atoms with Crippen LogP contribution in [0.25, 0.3) is 0 Å². The first-order chi connectivity index (χ1) is 13.1. The van der Waals surface area contributed by atoms with Gasteiger partial charge in [0.25, 0.3) is 0 Å². The van der Waals surface area contributed by atoms with E-state index in [9.17, 15) is 4.79 Å². The minimum Gasteiger partial charge on any atom is -0.497 e. The molecule has 0 aromatic heterocycles. The second-order valence-corrected chi connectivity index (χ2v) is 8.26. The van der Waals surface area contributed by atoms with Gasteiger partial charge in [-0.05, 0) is 64.0 Å².